The molecular formula is C27H42OS2. The second kappa shape index (κ2) is 15.8. The molecule has 30 heavy (non-hydrogen) atoms. The SMILES string of the molecule is CCCCCCCCc1ccsc1CC(=O)Cc1sccc1CCCCCCCC. The lowest BCUT2D eigenvalue weighted by molar-refractivity contribution is -0.117. The standard InChI is InChI=1S/C27H42OS2/c1-3-5-7-9-11-13-15-23-17-19-29-26(23)21-25(28)22-27-24(18-20-30-27)16-14-12-10-8-6-4-2/h17-20H,3-16,21-22H2,1-2H3. The highest BCUT2D eigenvalue weighted by Crippen LogP contribution is 2.24. The van der Waals surface area contributed by atoms with E-state index in [1.165, 1.54) is 97.9 Å². The van der Waals surface area contributed by atoms with Crippen molar-refractivity contribution in [3.8, 4) is 0 Å². The van der Waals surface area contributed by atoms with Crippen molar-refractivity contribution in [2.24, 2.45) is 0 Å². The minimum Gasteiger partial charge on any atom is -0.299 e. The van der Waals surface area contributed by atoms with Gasteiger partial charge in [0.05, 0.1) is 0 Å². The van der Waals surface area contributed by atoms with Crippen molar-refractivity contribution in [3.05, 3.63) is 43.8 Å². The highest BCUT2D eigenvalue weighted by molar-refractivity contribution is 7.10. The molecule has 0 radical (unpaired) electrons. The third-order valence-electron chi connectivity index (χ3n) is 5.99. The average molecular weight is 447 g/mol. The Bertz CT molecular complexity index is 639. The van der Waals surface area contributed by atoms with Gasteiger partial charge in [-0.1, -0.05) is 78.1 Å². The Hall–Kier alpha value is -0.930. The van der Waals surface area contributed by atoms with Gasteiger partial charge in [-0.15, -0.1) is 22.7 Å². The zero-order valence-corrected chi connectivity index (χ0v) is 21.0. The number of carbonyl (C=O) groups is 1. The van der Waals surface area contributed by atoms with Gasteiger partial charge < -0.3 is 0 Å². The monoisotopic (exact) mass is 446 g/mol. The number of hydrogen-bond donors (Lipinski definition) is 0. The molecule has 0 atom stereocenters. The molecule has 0 N–H and O–H groups in total. The molecule has 1 nitrogen and oxygen atoms in total. The first kappa shape index (κ1) is 25.3. The van der Waals surface area contributed by atoms with Crippen molar-refractivity contribution >= 4 is 28.5 Å². The number of thiophene rings is 2. The summed E-state index contributed by atoms with van der Waals surface area (Å²) >= 11 is 3.54. The van der Waals surface area contributed by atoms with E-state index in [9.17, 15) is 4.79 Å². The first-order chi connectivity index (χ1) is 14.7. The summed E-state index contributed by atoms with van der Waals surface area (Å²) in [6.07, 6.45) is 19.5. The fourth-order valence-corrected chi connectivity index (χ4v) is 6.03. The number of Topliss-reactive ketones (excluding diaryl/α,β-unsaturated/α-hetero) is 1. The third-order valence-corrected chi connectivity index (χ3v) is 7.92. The highest BCUT2D eigenvalue weighted by Gasteiger charge is 2.13. The molecule has 2 rings (SSSR count). The predicted molar refractivity (Wildman–Crippen MR) is 135 cm³/mol. The Morgan fingerprint density at radius 1 is 0.633 bits per heavy atom. The fraction of sp³-hybridized carbons (Fsp3) is 0.667. The van der Waals surface area contributed by atoms with E-state index in [2.05, 4.69) is 36.7 Å². The summed E-state index contributed by atoms with van der Waals surface area (Å²) < 4.78 is 0. The zero-order chi connectivity index (χ0) is 21.4. The number of ketones is 1. The van der Waals surface area contributed by atoms with E-state index in [1.54, 1.807) is 22.7 Å². The molecule has 168 valence electrons. The van der Waals surface area contributed by atoms with Crippen LogP contribution in [0.15, 0.2) is 22.9 Å². The van der Waals surface area contributed by atoms with Crippen molar-refractivity contribution in [1.82, 2.24) is 0 Å². The molecular weight excluding hydrogens is 404 g/mol. The summed E-state index contributed by atoms with van der Waals surface area (Å²) in [5, 5.41) is 4.34. The largest absolute Gasteiger partial charge is 0.299 e. The molecule has 0 aliphatic heterocycles. The molecule has 0 amide bonds. The van der Waals surface area contributed by atoms with E-state index in [-0.39, 0.29) is 0 Å². The molecule has 0 saturated carbocycles. The van der Waals surface area contributed by atoms with Crippen LogP contribution in [0.25, 0.3) is 0 Å². The number of aryl methyl sites for hydroxylation is 2. The van der Waals surface area contributed by atoms with Crippen LogP contribution in [0.4, 0.5) is 0 Å². The minimum absolute atomic E-state index is 0.383. The molecule has 0 bridgehead atoms. The molecule has 2 aromatic rings. The van der Waals surface area contributed by atoms with Gasteiger partial charge in [-0.25, -0.2) is 0 Å². The molecule has 0 spiro atoms. The normalized spacial score (nSPS) is 11.3. The Morgan fingerprint density at radius 2 is 1.03 bits per heavy atom. The van der Waals surface area contributed by atoms with Gasteiger partial charge in [-0.2, -0.15) is 0 Å². The van der Waals surface area contributed by atoms with Crippen molar-refractivity contribution in [2.75, 3.05) is 0 Å². The predicted octanol–water partition coefficient (Wildman–Crippen LogP) is 8.97. The molecule has 0 saturated heterocycles. The first-order valence-corrected chi connectivity index (χ1v) is 14.1. The van der Waals surface area contributed by atoms with E-state index in [1.807, 2.05) is 0 Å². The zero-order valence-electron chi connectivity index (χ0n) is 19.3. The molecule has 0 aromatic carbocycles. The van der Waals surface area contributed by atoms with Crippen molar-refractivity contribution in [3.63, 3.8) is 0 Å². The van der Waals surface area contributed by atoms with E-state index in [0.717, 1.165) is 12.8 Å². The lowest BCUT2D eigenvalue weighted by Crippen LogP contribution is -2.07. The molecule has 3 heteroatoms. The van der Waals surface area contributed by atoms with E-state index >= 15 is 0 Å². The molecule has 0 fully saturated rings. The van der Waals surface area contributed by atoms with Crippen LogP contribution in [0.1, 0.15) is 112 Å². The average Bonchev–Trinajstić information content (AvgIpc) is 3.36. The quantitative estimate of drug-likeness (QED) is 0.209. The van der Waals surface area contributed by atoms with Crippen LogP contribution in [0, 0.1) is 0 Å². The van der Waals surface area contributed by atoms with Gasteiger partial charge in [-0.3, -0.25) is 4.79 Å². The lowest BCUT2D eigenvalue weighted by atomic mass is 10.0. The van der Waals surface area contributed by atoms with Gasteiger partial charge in [0.25, 0.3) is 0 Å². The summed E-state index contributed by atoms with van der Waals surface area (Å²) in [5.74, 6) is 0.383. The summed E-state index contributed by atoms with van der Waals surface area (Å²) in [6.45, 7) is 4.53. The van der Waals surface area contributed by atoms with Gasteiger partial charge in [0, 0.05) is 22.6 Å². The molecule has 0 aliphatic carbocycles. The van der Waals surface area contributed by atoms with Crippen LogP contribution in [-0.4, -0.2) is 5.78 Å². The first-order valence-electron chi connectivity index (χ1n) is 12.4. The maximum absolute atomic E-state index is 12.8. The second-order valence-corrected chi connectivity index (χ2v) is 10.7. The number of rotatable bonds is 18. The summed E-state index contributed by atoms with van der Waals surface area (Å²) in [4.78, 5) is 15.4. The maximum atomic E-state index is 12.8. The summed E-state index contributed by atoms with van der Waals surface area (Å²) in [6, 6.07) is 4.49. The van der Waals surface area contributed by atoms with Crippen LogP contribution in [0.5, 0.6) is 0 Å². The van der Waals surface area contributed by atoms with E-state index in [4.69, 9.17) is 0 Å². The van der Waals surface area contributed by atoms with Crippen LogP contribution in [-0.2, 0) is 30.5 Å². The Balaban J connectivity index is 1.72. The van der Waals surface area contributed by atoms with E-state index in [0.29, 0.717) is 18.6 Å². The van der Waals surface area contributed by atoms with Crippen LogP contribution < -0.4 is 0 Å². The minimum atomic E-state index is 0.383. The van der Waals surface area contributed by atoms with Gasteiger partial charge in [0.2, 0.25) is 0 Å². The Kier molecular flexibility index (Phi) is 13.3. The van der Waals surface area contributed by atoms with Crippen molar-refractivity contribution in [2.45, 2.75) is 117 Å². The van der Waals surface area contributed by atoms with Gasteiger partial charge in [0.15, 0.2) is 0 Å². The summed E-state index contributed by atoms with van der Waals surface area (Å²) in [5.41, 5.74) is 2.84. The smallest absolute Gasteiger partial charge is 0.143 e. The lowest BCUT2D eigenvalue weighted by Gasteiger charge is -2.06. The van der Waals surface area contributed by atoms with Crippen molar-refractivity contribution in [1.29, 1.82) is 0 Å². The summed E-state index contributed by atoms with van der Waals surface area (Å²) in [7, 11) is 0. The van der Waals surface area contributed by atoms with Crippen LogP contribution >= 0.6 is 22.7 Å². The van der Waals surface area contributed by atoms with Crippen molar-refractivity contribution < 1.29 is 4.79 Å². The van der Waals surface area contributed by atoms with Gasteiger partial charge in [0.1, 0.15) is 5.78 Å². The van der Waals surface area contributed by atoms with Crippen LogP contribution in [0.3, 0.4) is 0 Å². The number of unbranched alkanes of at least 4 members (excludes halogenated alkanes) is 10. The molecule has 2 aromatic heterocycles. The third kappa shape index (κ3) is 9.92. The topological polar surface area (TPSA) is 17.1 Å². The maximum Gasteiger partial charge on any atom is 0.143 e. The highest BCUT2D eigenvalue weighted by atomic mass is 32.1. The fourth-order valence-electron chi connectivity index (χ4n) is 4.10. The Morgan fingerprint density at radius 3 is 1.47 bits per heavy atom. The Labute approximate surface area is 193 Å². The van der Waals surface area contributed by atoms with Gasteiger partial charge in [-0.05, 0) is 59.7 Å². The number of hydrogen-bond acceptors (Lipinski definition) is 3. The van der Waals surface area contributed by atoms with E-state index < -0.39 is 0 Å². The second-order valence-electron chi connectivity index (χ2n) is 8.67. The molecule has 0 aliphatic rings. The number of carbonyl (C=O) groups excluding carboxylic acids is 1. The molecule has 0 unspecified atom stereocenters. The molecule has 2 heterocycles. The van der Waals surface area contributed by atoms with Crippen LogP contribution in [0.2, 0.25) is 0 Å². The van der Waals surface area contributed by atoms with Gasteiger partial charge >= 0.3 is 0 Å².